The number of nitrogens with zero attached hydrogens (tertiary/aromatic N) is 4. The number of fused-ring (bicyclic) bond motifs is 1. The molecule has 0 N–H and O–H groups in total. The van der Waals surface area contributed by atoms with E-state index in [1.807, 2.05) is 24.0 Å². The molecule has 32 heavy (non-hydrogen) atoms. The predicted octanol–water partition coefficient (Wildman–Crippen LogP) is 2.25. The highest BCUT2D eigenvalue weighted by Crippen LogP contribution is 2.26. The minimum Gasteiger partial charge on any atom is -0.466 e. The van der Waals surface area contributed by atoms with Gasteiger partial charge in [-0.25, -0.2) is 9.78 Å². The molecular formula is C23H26N4O5. The van der Waals surface area contributed by atoms with Crippen LogP contribution in [0.4, 0.5) is 5.82 Å². The number of hydrogen-bond acceptors (Lipinski definition) is 8. The second-order valence-corrected chi connectivity index (χ2v) is 7.44. The van der Waals surface area contributed by atoms with Crippen LogP contribution >= 0.6 is 0 Å². The van der Waals surface area contributed by atoms with Crippen molar-refractivity contribution < 1.29 is 19.1 Å². The van der Waals surface area contributed by atoms with Crippen molar-refractivity contribution in [2.75, 3.05) is 31.2 Å². The fourth-order valence-corrected chi connectivity index (χ4v) is 3.74. The minimum atomic E-state index is -0.796. The van der Waals surface area contributed by atoms with E-state index >= 15 is 0 Å². The maximum absolute atomic E-state index is 13.3. The number of rotatable bonds is 6. The summed E-state index contributed by atoms with van der Waals surface area (Å²) in [4.78, 5) is 44.3. The number of carbonyl (C=O) groups is 2. The molecule has 1 aliphatic rings. The highest BCUT2D eigenvalue weighted by Gasteiger charge is 2.29. The molecule has 168 valence electrons. The molecule has 3 rings (SSSR count). The molecule has 0 atom stereocenters. The van der Waals surface area contributed by atoms with Crippen molar-refractivity contribution in [1.29, 1.82) is 5.26 Å². The summed E-state index contributed by atoms with van der Waals surface area (Å²) in [7, 11) is 0. The molecule has 1 aliphatic heterocycles. The number of anilines is 1. The number of carbonyl (C=O) groups excluding carboxylic acids is 2. The van der Waals surface area contributed by atoms with Gasteiger partial charge in [0.15, 0.2) is 0 Å². The van der Waals surface area contributed by atoms with Gasteiger partial charge in [-0.1, -0.05) is 6.07 Å². The van der Waals surface area contributed by atoms with Crippen molar-refractivity contribution in [2.24, 2.45) is 5.92 Å². The molecule has 0 aromatic carbocycles. The van der Waals surface area contributed by atoms with Crippen LogP contribution in [-0.4, -0.2) is 47.6 Å². The van der Waals surface area contributed by atoms with Crippen LogP contribution in [0.5, 0.6) is 0 Å². The molecule has 0 unspecified atom stereocenters. The van der Waals surface area contributed by atoms with Crippen LogP contribution in [0.2, 0.25) is 0 Å². The Balaban J connectivity index is 2.09. The van der Waals surface area contributed by atoms with Gasteiger partial charge in [-0.2, -0.15) is 5.26 Å². The Morgan fingerprint density at radius 2 is 1.94 bits per heavy atom. The maximum Gasteiger partial charge on any atom is 0.348 e. The molecular weight excluding hydrogens is 412 g/mol. The van der Waals surface area contributed by atoms with Gasteiger partial charge in [0.05, 0.1) is 24.7 Å². The Morgan fingerprint density at radius 3 is 2.56 bits per heavy atom. The molecule has 0 amide bonds. The highest BCUT2D eigenvalue weighted by molar-refractivity contribution is 5.98. The average molecular weight is 438 g/mol. The molecule has 0 aliphatic carbocycles. The first-order valence-electron chi connectivity index (χ1n) is 10.6. The van der Waals surface area contributed by atoms with E-state index in [-0.39, 0.29) is 29.6 Å². The van der Waals surface area contributed by atoms with Crippen molar-refractivity contribution in [3.05, 3.63) is 45.4 Å². The van der Waals surface area contributed by atoms with Gasteiger partial charge in [0.25, 0.3) is 5.56 Å². The molecule has 2 aromatic heterocycles. The van der Waals surface area contributed by atoms with Gasteiger partial charge < -0.3 is 14.4 Å². The molecule has 0 bridgehead atoms. The maximum atomic E-state index is 13.3. The highest BCUT2D eigenvalue weighted by atomic mass is 16.5. The van der Waals surface area contributed by atoms with E-state index in [1.54, 1.807) is 26.1 Å². The van der Waals surface area contributed by atoms with E-state index in [4.69, 9.17) is 14.5 Å². The topological polar surface area (TPSA) is 114 Å². The molecule has 0 radical (unpaired) electrons. The third-order valence-corrected chi connectivity index (χ3v) is 5.38. The summed E-state index contributed by atoms with van der Waals surface area (Å²) >= 11 is 0. The Labute approximate surface area is 185 Å². The first-order valence-corrected chi connectivity index (χ1v) is 10.6. The lowest BCUT2D eigenvalue weighted by Gasteiger charge is -2.32. The number of aryl methyl sites for hydroxylation is 1. The zero-order valence-electron chi connectivity index (χ0n) is 18.5. The normalized spacial score (nSPS) is 14.8. The molecule has 1 fully saturated rings. The Bertz CT molecular complexity index is 1150. The lowest BCUT2D eigenvalue weighted by molar-refractivity contribution is -0.148. The number of nitriles is 1. The van der Waals surface area contributed by atoms with Crippen molar-refractivity contribution in [1.82, 2.24) is 9.38 Å². The fraction of sp³-hybridized carbons (Fsp3) is 0.435. The summed E-state index contributed by atoms with van der Waals surface area (Å²) < 4.78 is 11.5. The first kappa shape index (κ1) is 23.0. The molecule has 1 saturated heterocycles. The van der Waals surface area contributed by atoms with Gasteiger partial charge in [-0.15, -0.1) is 0 Å². The van der Waals surface area contributed by atoms with E-state index < -0.39 is 11.5 Å². The third kappa shape index (κ3) is 4.64. The van der Waals surface area contributed by atoms with Crippen LogP contribution in [0, 0.1) is 24.2 Å². The van der Waals surface area contributed by atoms with E-state index in [2.05, 4.69) is 0 Å². The van der Waals surface area contributed by atoms with Crippen molar-refractivity contribution in [3.63, 3.8) is 0 Å². The molecule has 0 saturated carbocycles. The van der Waals surface area contributed by atoms with Crippen LogP contribution in [0.15, 0.2) is 28.7 Å². The molecule has 2 aromatic rings. The van der Waals surface area contributed by atoms with Crippen LogP contribution in [0.3, 0.4) is 0 Å². The van der Waals surface area contributed by atoms with Gasteiger partial charge in [0.2, 0.25) is 0 Å². The molecule has 9 nitrogen and oxygen atoms in total. The lowest BCUT2D eigenvalue weighted by Crippen LogP contribution is -2.39. The van der Waals surface area contributed by atoms with E-state index in [1.165, 1.54) is 10.5 Å². The minimum absolute atomic E-state index is 0.111. The average Bonchev–Trinajstić information content (AvgIpc) is 2.79. The zero-order valence-corrected chi connectivity index (χ0v) is 18.5. The van der Waals surface area contributed by atoms with Crippen LogP contribution in [0.1, 0.15) is 37.8 Å². The number of piperidine rings is 1. The third-order valence-electron chi connectivity index (χ3n) is 5.38. The second kappa shape index (κ2) is 10.1. The first-order chi connectivity index (χ1) is 15.4. The SMILES string of the molecule is CCOC(=O)/C(C#N)=C/c1c(N2CCC(C(=O)OCC)CC2)nc2c(C)cccn2c1=O. The largest absolute Gasteiger partial charge is 0.466 e. The summed E-state index contributed by atoms with van der Waals surface area (Å²) in [6, 6.07) is 5.41. The van der Waals surface area contributed by atoms with Gasteiger partial charge in [-0.05, 0) is 51.3 Å². The Morgan fingerprint density at radius 1 is 1.25 bits per heavy atom. The van der Waals surface area contributed by atoms with Crippen molar-refractivity contribution in [2.45, 2.75) is 33.6 Å². The van der Waals surface area contributed by atoms with E-state index in [0.717, 1.165) is 5.56 Å². The molecule has 9 heteroatoms. The van der Waals surface area contributed by atoms with Crippen molar-refractivity contribution in [3.8, 4) is 6.07 Å². The van der Waals surface area contributed by atoms with Crippen molar-refractivity contribution >= 4 is 29.5 Å². The number of hydrogen-bond donors (Lipinski definition) is 0. The van der Waals surface area contributed by atoms with Gasteiger partial charge in [0, 0.05) is 19.3 Å². The zero-order chi connectivity index (χ0) is 23.3. The van der Waals surface area contributed by atoms with Gasteiger partial charge in [-0.3, -0.25) is 14.0 Å². The van der Waals surface area contributed by atoms with Crippen LogP contribution in [-0.2, 0) is 19.1 Å². The standard InChI is InChI=1S/C23H26N4O5/c1-4-31-22(29)16-8-11-26(12-9-16)20-18(13-17(14-24)23(30)32-5-2)21(28)27-10-6-7-15(3)19(27)25-20/h6-7,10,13,16H,4-5,8-9,11-12H2,1-3H3/b17-13+. The number of aromatic nitrogens is 2. The smallest absolute Gasteiger partial charge is 0.348 e. The number of esters is 2. The summed E-state index contributed by atoms with van der Waals surface area (Å²) in [5.74, 6) is -0.842. The second-order valence-electron chi connectivity index (χ2n) is 7.44. The van der Waals surface area contributed by atoms with Gasteiger partial charge in [0.1, 0.15) is 23.1 Å². The van der Waals surface area contributed by atoms with Gasteiger partial charge >= 0.3 is 11.9 Å². The predicted molar refractivity (Wildman–Crippen MR) is 118 cm³/mol. The monoisotopic (exact) mass is 438 g/mol. The molecule has 3 heterocycles. The number of ether oxygens (including phenoxy) is 2. The van der Waals surface area contributed by atoms with E-state index in [9.17, 15) is 19.6 Å². The number of pyridine rings is 1. The Hall–Kier alpha value is -3.67. The summed E-state index contributed by atoms with van der Waals surface area (Å²) in [6.07, 6.45) is 3.96. The lowest BCUT2D eigenvalue weighted by atomic mass is 9.96. The Kier molecular flexibility index (Phi) is 7.25. The summed E-state index contributed by atoms with van der Waals surface area (Å²) in [5, 5.41) is 9.47. The fourth-order valence-electron chi connectivity index (χ4n) is 3.74. The van der Waals surface area contributed by atoms with Crippen LogP contribution < -0.4 is 10.5 Å². The van der Waals surface area contributed by atoms with Crippen LogP contribution in [0.25, 0.3) is 11.7 Å². The summed E-state index contributed by atoms with van der Waals surface area (Å²) in [5.41, 5.74) is 0.770. The molecule has 0 spiro atoms. The quantitative estimate of drug-likeness (QED) is 0.383. The summed E-state index contributed by atoms with van der Waals surface area (Å²) in [6.45, 7) is 6.69. The van der Waals surface area contributed by atoms with E-state index in [0.29, 0.717) is 44.0 Å².